The molecule has 1 aromatic heterocycles. The minimum absolute atomic E-state index is 0.320. The van der Waals surface area contributed by atoms with E-state index in [-0.39, 0.29) is 0 Å². The first-order valence-corrected chi connectivity index (χ1v) is 7.43. The third kappa shape index (κ3) is 2.74. The normalized spacial score (nSPS) is 17.6. The van der Waals surface area contributed by atoms with E-state index in [2.05, 4.69) is 37.3 Å². The average molecular weight is 274 g/mol. The average Bonchev–Trinajstić information content (AvgIpc) is 3.00. The van der Waals surface area contributed by atoms with Crippen LogP contribution in [-0.4, -0.2) is 35.6 Å². The number of nitrogens with one attached hydrogen (secondary N) is 1. The van der Waals surface area contributed by atoms with Crippen LogP contribution in [0.1, 0.15) is 42.6 Å². The van der Waals surface area contributed by atoms with Gasteiger partial charge in [0.1, 0.15) is 11.8 Å². The fourth-order valence-corrected chi connectivity index (χ4v) is 3.29. The highest BCUT2D eigenvalue weighted by molar-refractivity contribution is 5.34. The molecule has 0 aromatic carbocycles. The molecule has 0 spiro atoms. The van der Waals surface area contributed by atoms with Gasteiger partial charge in [0.25, 0.3) is 0 Å². The molecule has 0 amide bonds. The molecule has 0 radical (unpaired) electrons. The van der Waals surface area contributed by atoms with Crippen LogP contribution in [0.4, 0.5) is 0 Å². The molecule has 1 heterocycles. The molecular weight excluding hydrogens is 248 g/mol. The molecule has 1 aliphatic rings. The number of aromatic nitrogens is 1. The first-order valence-electron chi connectivity index (χ1n) is 7.43. The van der Waals surface area contributed by atoms with E-state index in [9.17, 15) is 0 Å². The van der Waals surface area contributed by atoms with E-state index in [1.165, 1.54) is 36.9 Å². The van der Waals surface area contributed by atoms with Gasteiger partial charge in [0.15, 0.2) is 0 Å². The van der Waals surface area contributed by atoms with Crippen LogP contribution < -0.4 is 5.32 Å². The molecule has 0 aliphatic heterocycles. The monoisotopic (exact) mass is 274 g/mol. The van der Waals surface area contributed by atoms with Crippen molar-refractivity contribution in [3.63, 3.8) is 0 Å². The van der Waals surface area contributed by atoms with Crippen molar-refractivity contribution in [3.05, 3.63) is 23.0 Å². The zero-order valence-corrected chi connectivity index (χ0v) is 13.2. The van der Waals surface area contributed by atoms with Crippen LogP contribution in [0.3, 0.4) is 0 Å². The Bertz CT molecular complexity index is 501. The summed E-state index contributed by atoms with van der Waals surface area (Å²) in [5.74, 6) is 0. The zero-order valence-electron chi connectivity index (χ0n) is 13.2. The molecule has 0 atom stereocenters. The maximum absolute atomic E-state index is 9.07. The maximum Gasteiger partial charge on any atom is 0.120 e. The van der Waals surface area contributed by atoms with Crippen LogP contribution in [0.15, 0.2) is 6.07 Å². The van der Waals surface area contributed by atoms with Gasteiger partial charge >= 0.3 is 0 Å². The van der Waals surface area contributed by atoms with Crippen LogP contribution in [0.25, 0.3) is 0 Å². The van der Waals surface area contributed by atoms with Gasteiger partial charge in [0.05, 0.1) is 0 Å². The van der Waals surface area contributed by atoms with E-state index in [1.807, 2.05) is 17.7 Å². The van der Waals surface area contributed by atoms with Gasteiger partial charge in [-0.05, 0) is 45.5 Å². The van der Waals surface area contributed by atoms with Gasteiger partial charge in [-0.3, -0.25) is 0 Å². The lowest BCUT2D eigenvalue weighted by Crippen LogP contribution is -2.49. The molecule has 0 unspecified atom stereocenters. The van der Waals surface area contributed by atoms with Gasteiger partial charge in [-0.1, -0.05) is 12.8 Å². The number of nitriles is 1. The minimum Gasteiger partial charge on any atom is -0.340 e. The van der Waals surface area contributed by atoms with Crippen molar-refractivity contribution in [2.24, 2.45) is 7.05 Å². The zero-order chi connectivity index (χ0) is 14.8. The second-order valence-electron chi connectivity index (χ2n) is 6.24. The van der Waals surface area contributed by atoms with Crippen LogP contribution in [0, 0.1) is 18.3 Å². The molecule has 2 rings (SSSR count). The van der Waals surface area contributed by atoms with E-state index in [4.69, 9.17) is 5.26 Å². The van der Waals surface area contributed by atoms with Gasteiger partial charge in [-0.25, -0.2) is 0 Å². The lowest BCUT2D eigenvalue weighted by Gasteiger charge is -2.36. The lowest BCUT2D eigenvalue weighted by atomic mass is 9.96. The summed E-state index contributed by atoms with van der Waals surface area (Å²) in [6, 6.07) is 4.24. The summed E-state index contributed by atoms with van der Waals surface area (Å²) in [7, 11) is 6.33. The van der Waals surface area contributed by atoms with Crippen molar-refractivity contribution in [3.8, 4) is 6.07 Å². The fraction of sp³-hybridized carbons (Fsp3) is 0.688. The minimum atomic E-state index is 0.320. The second kappa shape index (κ2) is 5.99. The topological polar surface area (TPSA) is 44.0 Å². The van der Waals surface area contributed by atoms with E-state index in [0.29, 0.717) is 5.54 Å². The molecule has 0 bridgehead atoms. The summed E-state index contributed by atoms with van der Waals surface area (Å²) in [6.07, 6.45) is 5.24. The predicted molar refractivity (Wildman–Crippen MR) is 81.5 cm³/mol. The highest BCUT2D eigenvalue weighted by Crippen LogP contribution is 2.33. The summed E-state index contributed by atoms with van der Waals surface area (Å²) >= 11 is 0. The summed E-state index contributed by atoms with van der Waals surface area (Å²) in [5, 5.41) is 12.7. The first kappa shape index (κ1) is 15.1. The maximum atomic E-state index is 9.07. The number of hydrogen-bond acceptors (Lipinski definition) is 3. The van der Waals surface area contributed by atoms with E-state index < -0.39 is 0 Å². The second-order valence-corrected chi connectivity index (χ2v) is 6.24. The van der Waals surface area contributed by atoms with Crippen molar-refractivity contribution >= 4 is 0 Å². The molecule has 20 heavy (non-hydrogen) atoms. The number of likely N-dealkylation sites (N-methyl/N-ethyl adjacent to an activating group) is 1. The Morgan fingerprint density at radius 2 is 2.05 bits per heavy atom. The highest BCUT2D eigenvalue weighted by Gasteiger charge is 2.35. The third-order valence-electron chi connectivity index (χ3n) is 5.01. The van der Waals surface area contributed by atoms with Crippen LogP contribution in [0.5, 0.6) is 0 Å². The van der Waals surface area contributed by atoms with E-state index in [0.717, 1.165) is 18.8 Å². The van der Waals surface area contributed by atoms with Gasteiger partial charge < -0.3 is 14.8 Å². The van der Waals surface area contributed by atoms with Gasteiger partial charge in [-0.15, -0.1) is 0 Å². The largest absolute Gasteiger partial charge is 0.340 e. The van der Waals surface area contributed by atoms with Crippen molar-refractivity contribution < 1.29 is 0 Å². The van der Waals surface area contributed by atoms with Gasteiger partial charge in [0.2, 0.25) is 0 Å². The molecular formula is C16H26N4. The fourth-order valence-electron chi connectivity index (χ4n) is 3.29. The molecule has 0 saturated heterocycles. The summed E-state index contributed by atoms with van der Waals surface area (Å²) in [5.41, 5.74) is 3.47. The Morgan fingerprint density at radius 1 is 1.40 bits per heavy atom. The molecule has 4 nitrogen and oxygen atoms in total. The van der Waals surface area contributed by atoms with Crippen molar-refractivity contribution in [1.29, 1.82) is 5.26 Å². The first-order chi connectivity index (χ1) is 9.50. The van der Waals surface area contributed by atoms with E-state index >= 15 is 0 Å². The van der Waals surface area contributed by atoms with Crippen LogP contribution in [-0.2, 0) is 13.6 Å². The van der Waals surface area contributed by atoms with Crippen molar-refractivity contribution in [2.45, 2.75) is 44.7 Å². The summed E-state index contributed by atoms with van der Waals surface area (Å²) in [4.78, 5) is 2.38. The number of hydrogen-bond donors (Lipinski definition) is 1. The Kier molecular flexibility index (Phi) is 4.52. The smallest absolute Gasteiger partial charge is 0.120 e. The van der Waals surface area contributed by atoms with Crippen LogP contribution in [0.2, 0.25) is 0 Å². The molecule has 110 valence electrons. The molecule has 1 fully saturated rings. The SMILES string of the molecule is Cc1c(CNCC2(N(C)C)CCCC2)cc(C#N)n1C. The molecule has 1 aromatic rings. The Morgan fingerprint density at radius 3 is 2.55 bits per heavy atom. The lowest BCUT2D eigenvalue weighted by molar-refractivity contribution is 0.153. The van der Waals surface area contributed by atoms with Gasteiger partial charge in [0, 0.05) is 31.4 Å². The Hall–Kier alpha value is -1.31. The van der Waals surface area contributed by atoms with Crippen molar-refractivity contribution in [2.75, 3.05) is 20.6 Å². The molecule has 1 saturated carbocycles. The predicted octanol–water partition coefficient (Wildman–Crippen LogP) is 2.17. The number of rotatable bonds is 5. The van der Waals surface area contributed by atoms with Crippen LogP contribution >= 0.6 is 0 Å². The quantitative estimate of drug-likeness (QED) is 0.895. The standard InChI is InChI=1S/C16H26N4/c1-13-14(9-15(10-17)20(13)4)11-18-12-16(19(2)3)7-5-6-8-16/h9,18H,5-8,11-12H2,1-4H3. The summed E-state index contributed by atoms with van der Waals surface area (Å²) < 4.78 is 1.97. The molecule has 4 heteroatoms. The third-order valence-corrected chi connectivity index (χ3v) is 5.01. The van der Waals surface area contributed by atoms with Gasteiger partial charge in [-0.2, -0.15) is 5.26 Å². The van der Waals surface area contributed by atoms with Crippen molar-refractivity contribution in [1.82, 2.24) is 14.8 Å². The van der Waals surface area contributed by atoms with E-state index in [1.54, 1.807) is 0 Å². The Labute approximate surface area is 122 Å². The Balaban J connectivity index is 1.98. The highest BCUT2D eigenvalue weighted by atomic mass is 15.2. The molecule has 1 aliphatic carbocycles. The number of nitrogens with zero attached hydrogens (tertiary/aromatic N) is 3. The summed E-state index contributed by atoms with van der Waals surface area (Å²) in [6.45, 7) is 3.95. The molecule has 1 N–H and O–H groups in total.